The second kappa shape index (κ2) is 8.26. The van der Waals surface area contributed by atoms with E-state index in [1.165, 1.54) is 12.1 Å². The third-order valence-electron chi connectivity index (χ3n) is 4.76. The van der Waals surface area contributed by atoms with Crippen molar-refractivity contribution in [1.82, 2.24) is 9.80 Å². The van der Waals surface area contributed by atoms with Crippen LogP contribution < -0.4 is 11.1 Å². The highest BCUT2D eigenvalue weighted by Crippen LogP contribution is 2.26. The lowest BCUT2D eigenvalue weighted by atomic mass is 10.0. The van der Waals surface area contributed by atoms with Crippen LogP contribution in [0.5, 0.6) is 0 Å². The van der Waals surface area contributed by atoms with Gasteiger partial charge in [0, 0.05) is 50.4 Å². The van der Waals surface area contributed by atoms with Crippen molar-refractivity contribution in [2.24, 2.45) is 11.7 Å². The van der Waals surface area contributed by atoms with Gasteiger partial charge in [-0.15, -0.1) is 0 Å². The summed E-state index contributed by atoms with van der Waals surface area (Å²) in [5, 5.41) is 14.5. The average molecular weight is 349 g/mol. The lowest BCUT2D eigenvalue weighted by Crippen LogP contribution is -2.52. The molecule has 1 aliphatic heterocycles. The number of carbonyl (C=O) groups excluding carboxylic acids is 1. The summed E-state index contributed by atoms with van der Waals surface area (Å²) in [6.07, 6.45) is 0. The third-order valence-corrected chi connectivity index (χ3v) is 4.76. The second-order valence-electron chi connectivity index (χ2n) is 6.88. The van der Waals surface area contributed by atoms with Gasteiger partial charge in [-0.05, 0) is 25.1 Å². The van der Waals surface area contributed by atoms with Crippen LogP contribution in [-0.4, -0.2) is 66.4 Å². The Morgan fingerprint density at radius 1 is 1.32 bits per heavy atom. The number of nitrogens with one attached hydrogen (secondary N) is 1. The van der Waals surface area contributed by atoms with Gasteiger partial charge in [-0.25, -0.2) is 0 Å². The van der Waals surface area contributed by atoms with E-state index >= 15 is 0 Å². The maximum atomic E-state index is 11.3. The van der Waals surface area contributed by atoms with Crippen LogP contribution in [0, 0.1) is 16.0 Å². The fourth-order valence-corrected chi connectivity index (χ4v) is 3.14. The normalized spacial score (nSPS) is 17.4. The summed E-state index contributed by atoms with van der Waals surface area (Å²) < 4.78 is 0. The Morgan fingerprint density at radius 3 is 2.48 bits per heavy atom. The molecule has 1 aliphatic rings. The SMILES string of the molecule is CC(C)C(CNc1ccc(C(N)=O)cc1[N+](=O)[O-])N1CCN(C)CC1. The number of hydrogen-bond donors (Lipinski definition) is 2. The monoisotopic (exact) mass is 349 g/mol. The topological polar surface area (TPSA) is 105 Å². The maximum Gasteiger partial charge on any atom is 0.293 e. The molecular weight excluding hydrogens is 322 g/mol. The van der Waals surface area contributed by atoms with E-state index in [0.29, 0.717) is 18.2 Å². The molecule has 0 radical (unpaired) electrons. The Labute approximate surface area is 148 Å². The van der Waals surface area contributed by atoms with Crippen LogP contribution in [0.3, 0.4) is 0 Å². The molecule has 0 spiro atoms. The first kappa shape index (κ1) is 19.1. The van der Waals surface area contributed by atoms with Crippen molar-refractivity contribution < 1.29 is 9.72 Å². The number of hydrogen-bond acceptors (Lipinski definition) is 6. The largest absolute Gasteiger partial charge is 0.378 e. The summed E-state index contributed by atoms with van der Waals surface area (Å²) >= 11 is 0. The highest BCUT2D eigenvalue weighted by molar-refractivity contribution is 5.94. The molecule has 8 heteroatoms. The smallest absolute Gasteiger partial charge is 0.293 e. The molecule has 3 N–H and O–H groups in total. The highest BCUT2D eigenvalue weighted by atomic mass is 16.6. The number of likely N-dealkylation sites (N-methyl/N-ethyl adjacent to an activating group) is 1. The molecule has 1 aromatic carbocycles. The van der Waals surface area contributed by atoms with Crippen molar-refractivity contribution in [2.45, 2.75) is 19.9 Å². The number of primary amides is 1. The summed E-state index contributed by atoms with van der Waals surface area (Å²) in [7, 11) is 2.11. The fourth-order valence-electron chi connectivity index (χ4n) is 3.14. The van der Waals surface area contributed by atoms with Crippen LogP contribution in [0.25, 0.3) is 0 Å². The molecule has 1 saturated heterocycles. The molecule has 0 saturated carbocycles. The third kappa shape index (κ3) is 4.90. The zero-order chi connectivity index (χ0) is 18.6. The van der Waals surface area contributed by atoms with Gasteiger partial charge in [0.15, 0.2) is 0 Å². The van der Waals surface area contributed by atoms with Gasteiger partial charge in [0.1, 0.15) is 5.69 Å². The zero-order valence-electron chi connectivity index (χ0n) is 15.1. The molecule has 1 atom stereocenters. The van der Waals surface area contributed by atoms with Gasteiger partial charge >= 0.3 is 0 Å². The minimum Gasteiger partial charge on any atom is -0.378 e. The molecule has 1 amide bonds. The van der Waals surface area contributed by atoms with Gasteiger partial charge in [-0.1, -0.05) is 13.8 Å². The summed E-state index contributed by atoms with van der Waals surface area (Å²) in [5.41, 5.74) is 5.63. The van der Waals surface area contributed by atoms with Crippen molar-refractivity contribution in [3.8, 4) is 0 Å². The molecular formula is C17H27N5O3. The van der Waals surface area contributed by atoms with Crippen LogP contribution >= 0.6 is 0 Å². The number of rotatable bonds is 7. The fraction of sp³-hybridized carbons (Fsp3) is 0.588. The molecule has 0 aromatic heterocycles. The van der Waals surface area contributed by atoms with Crippen molar-refractivity contribution >= 4 is 17.3 Å². The first-order valence-corrected chi connectivity index (χ1v) is 8.54. The molecule has 0 bridgehead atoms. The number of piperazine rings is 1. The Bertz CT molecular complexity index is 627. The predicted molar refractivity (Wildman–Crippen MR) is 97.8 cm³/mol. The van der Waals surface area contributed by atoms with E-state index in [1.54, 1.807) is 6.07 Å². The molecule has 138 valence electrons. The Hall–Kier alpha value is -2.19. The quantitative estimate of drug-likeness (QED) is 0.569. The van der Waals surface area contributed by atoms with Gasteiger partial charge in [-0.2, -0.15) is 0 Å². The van der Waals surface area contributed by atoms with Crippen LogP contribution in [0.1, 0.15) is 24.2 Å². The van der Waals surface area contributed by atoms with E-state index < -0.39 is 10.8 Å². The van der Waals surface area contributed by atoms with Gasteiger partial charge in [0.25, 0.3) is 5.69 Å². The second-order valence-corrected chi connectivity index (χ2v) is 6.88. The summed E-state index contributed by atoms with van der Waals surface area (Å²) in [6, 6.07) is 4.58. The first-order chi connectivity index (χ1) is 11.8. The Morgan fingerprint density at radius 2 is 1.96 bits per heavy atom. The lowest BCUT2D eigenvalue weighted by Gasteiger charge is -2.40. The first-order valence-electron chi connectivity index (χ1n) is 8.54. The van der Waals surface area contributed by atoms with Gasteiger partial charge < -0.3 is 16.0 Å². The number of nitrogens with zero attached hydrogens (tertiary/aromatic N) is 3. The lowest BCUT2D eigenvalue weighted by molar-refractivity contribution is -0.384. The van der Waals surface area contributed by atoms with Crippen molar-refractivity contribution in [1.29, 1.82) is 0 Å². The van der Waals surface area contributed by atoms with Gasteiger partial charge in [-0.3, -0.25) is 19.8 Å². The van der Waals surface area contributed by atoms with Gasteiger partial charge in [0.2, 0.25) is 5.91 Å². The number of amides is 1. The summed E-state index contributed by atoms with van der Waals surface area (Å²) in [6.45, 7) is 8.96. The Kier molecular flexibility index (Phi) is 6.33. The minimum absolute atomic E-state index is 0.128. The van der Waals surface area contributed by atoms with Gasteiger partial charge in [0.05, 0.1) is 4.92 Å². The molecule has 1 unspecified atom stereocenters. The van der Waals surface area contributed by atoms with E-state index in [0.717, 1.165) is 26.2 Å². The van der Waals surface area contributed by atoms with E-state index in [-0.39, 0.29) is 17.3 Å². The zero-order valence-corrected chi connectivity index (χ0v) is 15.1. The minimum atomic E-state index is -0.674. The predicted octanol–water partition coefficient (Wildman–Crippen LogP) is 1.38. The number of carbonyl (C=O) groups is 1. The maximum absolute atomic E-state index is 11.3. The van der Waals surface area contributed by atoms with Crippen LogP contribution in [0.2, 0.25) is 0 Å². The number of nitro groups is 1. The molecule has 25 heavy (non-hydrogen) atoms. The van der Waals surface area contributed by atoms with E-state index in [4.69, 9.17) is 5.73 Å². The Balaban J connectivity index is 2.12. The van der Waals surface area contributed by atoms with E-state index in [9.17, 15) is 14.9 Å². The number of nitrogens with two attached hydrogens (primary N) is 1. The molecule has 1 heterocycles. The molecule has 2 rings (SSSR count). The van der Waals surface area contributed by atoms with Crippen LogP contribution in [0.4, 0.5) is 11.4 Å². The number of benzene rings is 1. The molecule has 1 fully saturated rings. The van der Waals surface area contributed by atoms with E-state index in [1.807, 2.05) is 0 Å². The van der Waals surface area contributed by atoms with Crippen molar-refractivity contribution in [3.63, 3.8) is 0 Å². The summed E-state index contributed by atoms with van der Waals surface area (Å²) in [4.78, 5) is 26.8. The molecule has 0 aliphatic carbocycles. The summed E-state index contributed by atoms with van der Waals surface area (Å²) in [5.74, 6) is -0.257. The van der Waals surface area contributed by atoms with E-state index in [2.05, 4.69) is 36.0 Å². The molecule has 8 nitrogen and oxygen atoms in total. The number of nitro benzene ring substituents is 1. The molecule has 1 aromatic rings. The standard InChI is InChI=1S/C17H27N5O3/c1-12(2)16(21-8-6-20(3)7-9-21)11-19-14-5-4-13(17(18)23)10-15(14)22(24)25/h4-5,10,12,16,19H,6-9,11H2,1-3H3,(H2,18,23). The average Bonchev–Trinajstić information content (AvgIpc) is 2.56. The van der Waals surface area contributed by atoms with Crippen molar-refractivity contribution in [3.05, 3.63) is 33.9 Å². The van der Waals surface area contributed by atoms with Crippen LogP contribution in [-0.2, 0) is 0 Å². The number of anilines is 1. The highest BCUT2D eigenvalue weighted by Gasteiger charge is 2.26. The van der Waals surface area contributed by atoms with Crippen LogP contribution in [0.15, 0.2) is 18.2 Å². The van der Waals surface area contributed by atoms with Crippen molar-refractivity contribution in [2.75, 3.05) is 45.1 Å².